The first-order valence-corrected chi connectivity index (χ1v) is 14.0. The predicted molar refractivity (Wildman–Crippen MR) is 141 cm³/mol. The van der Waals surface area contributed by atoms with Crippen molar-refractivity contribution in [2.75, 3.05) is 23.3 Å². The van der Waals surface area contributed by atoms with Crippen molar-refractivity contribution >= 4 is 27.3 Å². The maximum atomic E-state index is 13.4. The Hall–Kier alpha value is -4.04. The topological polar surface area (TPSA) is 131 Å². The lowest BCUT2D eigenvalue weighted by Crippen LogP contribution is -2.21. The van der Waals surface area contributed by atoms with Crippen LogP contribution in [-0.4, -0.2) is 42.7 Å². The molecular formula is C26H26F3N5O5S. The van der Waals surface area contributed by atoms with Crippen LogP contribution in [0.15, 0.2) is 59.1 Å². The Kier molecular flexibility index (Phi) is 7.98. The van der Waals surface area contributed by atoms with Crippen molar-refractivity contribution in [3.8, 4) is 17.0 Å². The van der Waals surface area contributed by atoms with Gasteiger partial charge in [0.05, 0.1) is 11.4 Å². The van der Waals surface area contributed by atoms with E-state index < -0.39 is 27.7 Å². The SMILES string of the molecule is C[C@H](Oc1cc(-c2cc(Nc3cc(C4CCOCC4)on3)n[nH]2)ccc1NS(=O)(=O)C(F)F)c1ccc(F)cc1. The van der Waals surface area contributed by atoms with Crippen LogP contribution in [0.25, 0.3) is 11.3 Å². The summed E-state index contributed by atoms with van der Waals surface area (Å²) in [4.78, 5) is 0. The van der Waals surface area contributed by atoms with Crippen molar-refractivity contribution in [2.45, 2.75) is 37.5 Å². The number of H-pyrrole nitrogens is 1. The van der Waals surface area contributed by atoms with E-state index in [0.29, 0.717) is 41.7 Å². The first kappa shape index (κ1) is 27.5. The first-order chi connectivity index (χ1) is 19.2. The quantitative estimate of drug-likeness (QED) is 0.211. The number of sulfonamides is 1. The number of halogens is 3. The van der Waals surface area contributed by atoms with Crippen molar-refractivity contribution < 1.29 is 35.6 Å². The van der Waals surface area contributed by atoms with E-state index in [2.05, 4.69) is 20.7 Å². The van der Waals surface area contributed by atoms with Crippen LogP contribution in [0.5, 0.6) is 5.75 Å². The maximum Gasteiger partial charge on any atom is 0.355 e. The number of nitrogens with zero attached hydrogens (tertiary/aromatic N) is 2. The molecule has 0 unspecified atom stereocenters. The summed E-state index contributed by atoms with van der Waals surface area (Å²) < 4.78 is 81.9. The zero-order valence-electron chi connectivity index (χ0n) is 21.2. The minimum atomic E-state index is -4.96. The number of benzene rings is 2. The molecule has 0 bridgehead atoms. The molecule has 0 aliphatic carbocycles. The fraction of sp³-hybridized carbons (Fsp3) is 0.308. The second-order valence-corrected chi connectivity index (χ2v) is 10.9. The summed E-state index contributed by atoms with van der Waals surface area (Å²) >= 11 is 0. The molecule has 1 aliphatic rings. The molecule has 0 amide bonds. The molecule has 5 rings (SSSR count). The summed E-state index contributed by atoms with van der Waals surface area (Å²) in [5, 5.41) is 14.2. The minimum Gasteiger partial charge on any atom is -0.484 e. The van der Waals surface area contributed by atoms with Crippen molar-refractivity contribution in [3.63, 3.8) is 0 Å². The molecule has 2 aromatic carbocycles. The molecule has 0 radical (unpaired) electrons. The van der Waals surface area contributed by atoms with E-state index in [4.69, 9.17) is 14.0 Å². The molecule has 4 aromatic rings. The molecule has 10 nitrogen and oxygen atoms in total. The van der Waals surface area contributed by atoms with Crippen LogP contribution < -0.4 is 14.8 Å². The number of aromatic amines is 1. The third kappa shape index (κ3) is 6.39. The number of alkyl halides is 2. The molecule has 0 saturated carbocycles. The summed E-state index contributed by atoms with van der Waals surface area (Å²) in [5.41, 5.74) is 1.47. The number of rotatable bonds is 10. The van der Waals surface area contributed by atoms with Gasteiger partial charge in [-0.25, -0.2) is 12.8 Å². The van der Waals surface area contributed by atoms with Gasteiger partial charge < -0.3 is 19.3 Å². The van der Waals surface area contributed by atoms with Gasteiger partial charge in [0.2, 0.25) is 0 Å². The maximum absolute atomic E-state index is 13.4. The Morgan fingerprint density at radius 1 is 1.05 bits per heavy atom. The van der Waals surface area contributed by atoms with Crippen LogP contribution in [-0.2, 0) is 14.8 Å². The summed E-state index contributed by atoms with van der Waals surface area (Å²) in [5.74, 6) is -2.17. The van der Waals surface area contributed by atoms with Crippen LogP contribution in [0.3, 0.4) is 0 Å². The third-order valence-corrected chi connectivity index (χ3v) is 7.38. The molecule has 1 aliphatic heterocycles. The van der Waals surface area contributed by atoms with Gasteiger partial charge in [-0.2, -0.15) is 13.9 Å². The van der Waals surface area contributed by atoms with Crippen LogP contribution in [0.2, 0.25) is 0 Å². The van der Waals surface area contributed by atoms with Crippen molar-refractivity contribution in [2.24, 2.45) is 0 Å². The van der Waals surface area contributed by atoms with Crippen LogP contribution >= 0.6 is 0 Å². The lowest BCUT2D eigenvalue weighted by molar-refractivity contribution is 0.0791. The summed E-state index contributed by atoms with van der Waals surface area (Å²) in [7, 11) is -4.96. The van der Waals surface area contributed by atoms with Crippen molar-refractivity contribution in [1.29, 1.82) is 0 Å². The summed E-state index contributed by atoms with van der Waals surface area (Å²) in [6, 6.07) is 13.4. The second-order valence-electron chi connectivity index (χ2n) is 9.22. The number of nitrogens with one attached hydrogen (secondary N) is 3. The van der Waals surface area contributed by atoms with E-state index in [1.165, 1.54) is 42.5 Å². The smallest absolute Gasteiger partial charge is 0.355 e. The zero-order valence-corrected chi connectivity index (χ0v) is 22.1. The average Bonchev–Trinajstić information content (AvgIpc) is 3.60. The Balaban J connectivity index is 1.37. The highest BCUT2D eigenvalue weighted by Crippen LogP contribution is 2.36. The highest BCUT2D eigenvalue weighted by atomic mass is 32.2. The lowest BCUT2D eigenvalue weighted by atomic mass is 9.98. The largest absolute Gasteiger partial charge is 0.484 e. The average molecular weight is 578 g/mol. The number of anilines is 3. The van der Waals surface area contributed by atoms with E-state index in [-0.39, 0.29) is 17.4 Å². The van der Waals surface area contributed by atoms with Gasteiger partial charge in [-0.1, -0.05) is 23.4 Å². The fourth-order valence-electron chi connectivity index (χ4n) is 4.25. The van der Waals surface area contributed by atoms with E-state index in [9.17, 15) is 21.6 Å². The molecule has 2 aromatic heterocycles. The van der Waals surface area contributed by atoms with Crippen LogP contribution in [0.4, 0.5) is 30.5 Å². The Bertz CT molecular complexity index is 1550. The summed E-state index contributed by atoms with van der Waals surface area (Å²) in [6.07, 6.45) is 1.05. The van der Waals surface area contributed by atoms with Crippen molar-refractivity contribution in [1.82, 2.24) is 15.4 Å². The van der Waals surface area contributed by atoms with Crippen molar-refractivity contribution in [3.05, 3.63) is 71.7 Å². The number of aromatic nitrogens is 3. The minimum absolute atomic E-state index is 0.0136. The standard InChI is InChI=1S/C26H26F3N5O5S/c1-15(16-2-5-19(27)6-3-16)38-23-12-18(4-7-20(23)34-40(35,36)26(28)29)21-13-24(32-31-21)30-25-14-22(39-33-25)17-8-10-37-11-9-17/h2-7,12-15,17,26,34H,8-11H2,1H3,(H2,30,31,32,33)/t15-/m0/s1. The molecule has 212 valence electrons. The fourth-order valence-corrected chi connectivity index (χ4v) is 4.81. The van der Waals surface area contributed by atoms with Gasteiger partial charge in [-0.15, -0.1) is 0 Å². The van der Waals surface area contributed by atoms with E-state index in [1.807, 2.05) is 10.8 Å². The van der Waals surface area contributed by atoms with Gasteiger partial charge in [0.1, 0.15) is 23.4 Å². The van der Waals surface area contributed by atoms with E-state index in [1.54, 1.807) is 13.0 Å². The molecule has 0 spiro atoms. The Morgan fingerprint density at radius 3 is 2.52 bits per heavy atom. The molecule has 14 heteroatoms. The molecule has 1 atom stereocenters. The Labute approximate surface area is 227 Å². The van der Waals surface area contributed by atoms with Gasteiger partial charge >= 0.3 is 5.76 Å². The molecule has 3 N–H and O–H groups in total. The van der Waals surface area contributed by atoms with Crippen LogP contribution in [0.1, 0.15) is 43.1 Å². The van der Waals surface area contributed by atoms with E-state index in [0.717, 1.165) is 18.6 Å². The highest BCUT2D eigenvalue weighted by molar-refractivity contribution is 7.93. The lowest BCUT2D eigenvalue weighted by Gasteiger charge is -2.19. The van der Waals surface area contributed by atoms with Crippen LogP contribution in [0, 0.1) is 5.82 Å². The zero-order chi connectivity index (χ0) is 28.3. The Morgan fingerprint density at radius 2 is 1.80 bits per heavy atom. The van der Waals surface area contributed by atoms with Gasteiger partial charge in [-0.05, 0) is 49.6 Å². The van der Waals surface area contributed by atoms with E-state index >= 15 is 0 Å². The molecule has 1 saturated heterocycles. The molecular weight excluding hydrogens is 551 g/mol. The normalized spacial score (nSPS) is 15.2. The molecule has 40 heavy (non-hydrogen) atoms. The predicted octanol–water partition coefficient (Wildman–Crippen LogP) is 5.95. The molecule has 1 fully saturated rings. The van der Waals surface area contributed by atoms with Gasteiger partial charge in [0.15, 0.2) is 11.6 Å². The highest BCUT2D eigenvalue weighted by Gasteiger charge is 2.26. The first-order valence-electron chi connectivity index (χ1n) is 12.4. The number of hydrogen-bond acceptors (Lipinski definition) is 8. The summed E-state index contributed by atoms with van der Waals surface area (Å²) in [6.45, 7) is 3.01. The van der Waals surface area contributed by atoms with Gasteiger partial charge in [0, 0.05) is 36.8 Å². The monoisotopic (exact) mass is 577 g/mol. The number of hydrogen-bond donors (Lipinski definition) is 3. The van der Waals surface area contributed by atoms with Gasteiger partial charge in [-0.3, -0.25) is 9.82 Å². The number of ether oxygens (including phenoxy) is 2. The second kappa shape index (κ2) is 11.6. The molecule has 3 heterocycles. The van der Waals surface area contributed by atoms with Gasteiger partial charge in [0.25, 0.3) is 10.0 Å². The third-order valence-electron chi connectivity index (χ3n) is 6.41.